The lowest BCUT2D eigenvalue weighted by Crippen LogP contribution is -2.28. The zero-order valence-corrected chi connectivity index (χ0v) is 17.8. The third kappa shape index (κ3) is 3.96. The van der Waals surface area contributed by atoms with E-state index in [0.29, 0.717) is 22.4 Å². The van der Waals surface area contributed by atoms with Crippen LogP contribution in [0.1, 0.15) is 43.8 Å². The molecule has 0 spiro atoms. The molecule has 31 heavy (non-hydrogen) atoms. The smallest absolute Gasteiger partial charge is 0.266 e. The Morgan fingerprint density at radius 1 is 1.26 bits per heavy atom. The first-order valence-corrected chi connectivity index (χ1v) is 9.73. The number of aryl methyl sites for hydroxylation is 1. The van der Waals surface area contributed by atoms with E-state index in [0.717, 1.165) is 5.56 Å². The topological polar surface area (TPSA) is 149 Å². The first-order valence-electron chi connectivity index (χ1n) is 9.73. The Hall–Kier alpha value is -4.19. The number of allylic oxidation sites excluding steroid dienone is 4. The number of nitrogens with two attached hydrogens (primary N) is 2. The second kappa shape index (κ2) is 8.67. The lowest BCUT2D eigenvalue weighted by atomic mass is 10.1. The van der Waals surface area contributed by atoms with Gasteiger partial charge in [-0.15, -0.1) is 0 Å². The molecule has 3 aromatic rings. The van der Waals surface area contributed by atoms with E-state index in [1.807, 2.05) is 64.1 Å². The lowest BCUT2D eigenvalue weighted by Gasteiger charge is -2.21. The van der Waals surface area contributed by atoms with Gasteiger partial charge in [-0.05, 0) is 45.4 Å². The van der Waals surface area contributed by atoms with Crippen LogP contribution in [-0.4, -0.2) is 19.5 Å². The van der Waals surface area contributed by atoms with Gasteiger partial charge >= 0.3 is 0 Å². The number of hydrogen-bond donors (Lipinski definition) is 3. The quantitative estimate of drug-likeness (QED) is 0.537. The molecule has 0 saturated carbocycles. The van der Waals surface area contributed by atoms with Crippen molar-refractivity contribution in [3.05, 3.63) is 63.7 Å². The summed E-state index contributed by atoms with van der Waals surface area (Å²) in [6.07, 6.45) is 5.52. The van der Waals surface area contributed by atoms with Crippen molar-refractivity contribution in [3.63, 3.8) is 0 Å². The number of fused-ring (bicyclic) bond motifs is 1. The number of anilines is 3. The summed E-state index contributed by atoms with van der Waals surface area (Å²) in [5.74, 6) is 0.554. The monoisotopic (exact) mass is 416 g/mol. The molecule has 158 valence electrons. The molecule has 1 atom stereocenters. The fourth-order valence-corrected chi connectivity index (χ4v) is 3.36. The number of benzene rings is 1. The summed E-state index contributed by atoms with van der Waals surface area (Å²) >= 11 is 0. The minimum atomic E-state index is -0.516. The number of nitrogens with one attached hydrogen (secondary N) is 1. The summed E-state index contributed by atoms with van der Waals surface area (Å²) in [5.41, 5.74) is 13.6. The van der Waals surface area contributed by atoms with Crippen molar-refractivity contribution in [2.45, 2.75) is 33.7 Å². The maximum absolute atomic E-state index is 13.5. The van der Waals surface area contributed by atoms with Gasteiger partial charge in [0.15, 0.2) is 5.82 Å². The predicted molar refractivity (Wildman–Crippen MR) is 123 cm³/mol. The highest BCUT2D eigenvalue weighted by Crippen LogP contribution is 2.25. The maximum atomic E-state index is 13.5. The fraction of sp³-hybridized carbons (Fsp3) is 0.227. The Morgan fingerprint density at radius 3 is 2.65 bits per heavy atom. The highest BCUT2D eigenvalue weighted by atomic mass is 16.1. The molecule has 0 fully saturated rings. The average molecular weight is 416 g/mol. The summed E-state index contributed by atoms with van der Waals surface area (Å²) < 4.78 is 1.55. The van der Waals surface area contributed by atoms with Crippen LogP contribution in [0.25, 0.3) is 16.6 Å². The van der Waals surface area contributed by atoms with E-state index in [-0.39, 0.29) is 28.7 Å². The zero-order chi connectivity index (χ0) is 22.7. The number of hydrogen-bond acceptors (Lipinski definition) is 8. The largest absolute Gasteiger partial charge is 0.382 e. The molecule has 1 unspecified atom stereocenters. The van der Waals surface area contributed by atoms with Crippen LogP contribution >= 0.6 is 0 Å². The van der Waals surface area contributed by atoms with E-state index in [1.165, 1.54) is 0 Å². The van der Waals surface area contributed by atoms with Crippen LogP contribution in [0.2, 0.25) is 0 Å². The molecule has 3 rings (SSSR count). The van der Waals surface area contributed by atoms with Crippen molar-refractivity contribution >= 4 is 34.2 Å². The molecule has 0 bridgehead atoms. The predicted octanol–water partition coefficient (Wildman–Crippen LogP) is 3.14. The SMILES string of the molecule is C/C=C\C(=C/C)n1c(C(C)Nc2nc(N)nc(N)c2C#N)nc2c(C)cccc2c1=O. The Labute approximate surface area is 179 Å². The summed E-state index contributed by atoms with van der Waals surface area (Å²) in [7, 11) is 0. The highest BCUT2D eigenvalue weighted by Gasteiger charge is 2.21. The van der Waals surface area contributed by atoms with Crippen molar-refractivity contribution in [1.82, 2.24) is 19.5 Å². The van der Waals surface area contributed by atoms with Gasteiger partial charge in [0.05, 0.1) is 16.9 Å². The molecule has 9 nitrogen and oxygen atoms in total. The van der Waals surface area contributed by atoms with Crippen molar-refractivity contribution in [2.75, 3.05) is 16.8 Å². The van der Waals surface area contributed by atoms with Crippen molar-refractivity contribution in [1.29, 1.82) is 5.26 Å². The summed E-state index contributed by atoms with van der Waals surface area (Å²) in [5, 5.41) is 13.1. The number of rotatable bonds is 5. The molecule has 0 aliphatic rings. The molecule has 2 aromatic heterocycles. The molecular formula is C22H24N8O. The number of nitrogen functional groups attached to an aromatic ring is 2. The third-order valence-electron chi connectivity index (χ3n) is 4.82. The molecule has 0 aliphatic carbocycles. The zero-order valence-electron chi connectivity index (χ0n) is 17.8. The van der Waals surface area contributed by atoms with Gasteiger partial charge in [-0.1, -0.05) is 24.3 Å². The van der Waals surface area contributed by atoms with E-state index >= 15 is 0 Å². The summed E-state index contributed by atoms with van der Waals surface area (Å²) in [4.78, 5) is 26.2. The van der Waals surface area contributed by atoms with Crippen molar-refractivity contribution in [3.8, 4) is 6.07 Å². The van der Waals surface area contributed by atoms with Gasteiger partial charge < -0.3 is 16.8 Å². The molecule has 0 aliphatic heterocycles. The number of para-hydroxylation sites is 1. The van der Waals surface area contributed by atoms with E-state index in [4.69, 9.17) is 16.5 Å². The van der Waals surface area contributed by atoms with Gasteiger partial charge in [0, 0.05) is 5.70 Å². The third-order valence-corrected chi connectivity index (χ3v) is 4.82. The van der Waals surface area contributed by atoms with Crippen molar-refractivity contribution < 1.29 is 0 Å². The number of nitrogens with zero attached hydrogens (tertiary/aromatic N) is 5. The minimum absolute atomic E-state index is 0.0209. The molecule has 2 heterocycles. The first-order chi connectivity index (χ1) is 14.8. The second-order valence-electron chi connectivity index (χ2n) is 6.96. The van der Waals surface area contributed by atoms with E-state index in [1.54, 1.807) is 10.6 Å². The Balaban J connectivity index is 2.27. The molecule has 9 heteroatoms. The van der Waals surface area contributed by atoms with Crippen LogP contribution < -0.4 is 22.3 Å². The lowest BCUT2D eigenvalue weighted by molar-refractivity contribution is 0.739. The van der Waals surface area contributed by atoms with Crippen LogP contribution in [0.5, 0.6) is 0 Å². The molecule has 0 amide bonds. The molecule has 5 N–H and O–H groups in total. The van der Waals surface area contributed by atoms with Crippen LogP contribution in [0.4, 0.5) is 17.6 Å². The Kier molecular flexibility index (Phi) is 6.02. The van der Waals surface area contributed by atoms with Crippen LogP contribution in [0.15, 0.2) is 41.2 Å². The fourth-order valence-electron chi connectivity index (χ4n) is 3.36. The van der Waals surface area contributed by atoms with E-state index in [2.05, 4.69) is 15.3 Å². The van der Waals surface area contributed by atoms with Crippen molar-refractivity contribution in [2.24, 2.45) is 0 Å². The summed E-state index contributed by atoms with van der Waals surface area (Å²) in [6, 6.07) is 6.98. The average Bonchev–Trinajstić information content (AvgIpc) is 2.72. The first kappa shape index (κ1) is 21.5. The van der Waals surface area contributed by atoms with Gasteiger partial charge in [0.25, 0.3) is 5.56 Å². The van der Waals surface area contributed by atoms with Gasteiger partial charge in [0.1, 0.15) is 23.3 Å². The Bertz CT molecular complexity index is 1310. The van der Waals surface area contributed by atoms with Gasteiger partial charge in [-0.2, -0.15) is 15.2 Å². The molecule has 1 aromatic carbocycles. The minimum Gasteiger partial charge on any atom is -0.382 e. The normalized spacial score (nSPS) is 12.8. The van der Waals surface area contributed by atoms with E-state index in [9.17, 15) is 10.1 Å². The number of aromatic nitrogens is 4. The van der Waals surface area contributed by atoms with E-state index < -0.39 is 6.04 Å². The standard InChI is InChI=1S/C22H24N8O/c1-5-8-14(6-2)30-20(27-17-12(3)9-7-10-15(17)21(30)31)13(4)26-19-16(11-23)18(24)28-22(25)29-19/h5-10,13H,1-4H3,(H5,24,25,26,28,29)/b8-5-,14-6+. The van der Waals surface area contributed by atoms with Gasteiger partial charge in [-0.25, -0.2) is 4.98 Å². The Morgan fingerprint density at radius 2 is 2.00 bits per heavy atom. The van der Waals surface area contributed by atoms with Crippen LogP contribution in [0, 0.1) is 18.3 Å². The molecule has 0 radical (unpaired) electrons. The molecular weight excluding hydrogens is 392 g/mol. The number of nitriles is 1. The van der Waals surface area contributed by atoms with Gasteiger partial charge in [-0.3, -0.25) is 9.36 Å². The molecule has 0 saturated heterocycles. The maximum Gasteiger partial charge on any atom is 0.266 e. The summed E-state index contributed by atoms with van der Waals surface area (Å²) in [6.45, 7) is 7.45. The second-order valence-corrected chi connectivity index (χ2v) is 6.96. The van der Waals surface area contributed by atoms with Crippen LogP contribution in [0.3, 0.4) is 0 Å². The van der Waals surface area contributed by atoms with Gasteiger partial charge in [0.2, 0.25) is 5.95 Å². The van der Waals surface area contributed by atoms with Crippen LogP contribution in [-0.2, 0) is 0 Å². The highest BCUT2D eigenvalue weighted by molar-refractivity contribution is 5.82.